The van der Waals surface area contributed by atoms with Crippen LogP contribution in [0.1, 0.15) is 28.8 Å². The molecule has 1 N–H and O–H groups in total. The summed E-state index contributed by atoms with van der Waals surface area (Å²) in [5.74, 6) is 1.09. The maximum absolute atomic E-state index is 12.6. The highest BCUT2D eigenvalue weighted by Crippen LogP contribution is 2.24. The van der Waals surface area contributed by atoms with Crippen molar-refractivity contribution in [3.05, 3.63) is 77.3 Å². The van der Waals surface area contributed by atoms with Crippen LogP contribution in [-0.4, -0.2) is 30.5 Å². The van der Waals surface area contributed by atoms with Crippen LogP contribution in [-0.2, 0) is 6.61 Å². The van der Waals surface area contributed by atoms with Crippen LogP contribution >= 0.6 is 11.3 Å². The van der Waals surface area contributed by atoms with Gasteiger partial charge in [0.05, 0.1) is 0 Å². The van der Waals surface area contributed by atoms with Gasteiger partial charge >= 0.3 is 0 Å². The van der Waals surface area contributed by atoms with Crippen molar-refractivity contribution in [1.29, 1.82) is 0 Å². The van der Waals surface area contributed by atoms with Gasteiger partial charge in [-0.05, 0) is 42.5 Å². The van der Waals surface area contributed by atoms with E-state index in [-0.39, 0.29) is 5.91 Å². The number of rotatable bonds is 7. The van der Waals surface area contributed by atoms with E-state index in [0.29, 0.717) is 30.4 Å². The molecule has 1 aliphatic heterocycles. The molecule has 150 valence electrons. The molecule has 2 heterocycles. The third kappa shape index (κ3) is 5.35. The smallest absolute Gasteiger partial charge is 0.251 e. The van der Waals surface area contributed by atoms with Crippen LogP contribution < -0.4 is 15.0 Å². The summed E-state index contributed by atoms with van der Waals surface area (Å²) < 4.78 is 5.84. The zero-order valence-electron chi connectivity index (χ0n) is 16.3. The van der Waals surface area contributed by atoms with Gasteiger partial charge in [0.15, 0.2) is 5.13 Å². The molecule has 5 nitrogen and oxygen atoms in total. The van der Waals surface area contributed by atoms with E-state index in [1.54, 1.807) is 17.4 Å². The number of hydrogen-bond acceptors (Lipinski definition) is 5. The Labute approximate surface area is 175 Å². The highest BCUT2D eigenvalue weighted by molar-refractivity contribution is 7.13. The zero-order valence-corrected chi connectivity index (χ0v) is 17.1. The second-order valence-corrected chi connectivity index (χ2v) is 8.15. The van der Waals surface area contributed by atoms with Gasteiger partial charge in [0.2, 0.25) is 0 Å². The van der Waals surface area contributed by atoms with Crippen molar-refractivity contribution in [2.45, 2.75) is 19.4 Å². The maximum Gasteiger partial charge on any atom is 0.251 e. The first-order valence-electron chi connectivity index (χ1n) is 9.97. The molecule has 0 saturated carbocycles. The number of piperidine rings is 1. The Bertz CT molecular complexity index is 915. The minimum atomic E-state index is -0.0541. The minimum absolute atomic E-state index is 0.0541. The Morgan fingerprint density at radius 2 is 2.10 bits per heavy atom. The van der Waals surface area contributed by atoms with Crippen LogP contribution in [0.3, 0.4) is 0 Å². The number of amides is 1. The second kappa shape index (κ2) is 9.56. The van der Waals surface area contributed by atoms with Crippen molar-refractivity contribution in [3.8, 4) is 5.75 Å². The third-order valence-corrected chi connectivity index (χ3v) is 5.94. The zero-order chi connectivity index (χ0) is 19.9. The molecule has 0 spiro atoms. The van der Waals surface area contributed by atoms with Gasteiger partial charge in [0, 0.05) is 36.8 Å². The fraction of sp³-hybridized carbons (Fsp3) is 0.304. The molecule has 0 aliphatic carbocycles. The number of ether oxygens (including phenoxy) is 1. The molecule has 1 aliphatic rings. The van der Waals surface area contributed by atoms with Gasteiger partial charge in [-0.25, -0.2) is 4.98 Å². The lowest BCUT2D eigenvalue weighted by Crippen LogP contribution is -2.41. The summed E-state index contributed by atoms with van der Waals surface area (Å²) >= 11 is 1.67. The predicted octanol–water partition coefficient (Wildman–Crippen LogP) is 4.37. The Morgan fingerprint density at radius 1 is 1.21 bits per heavy atom. The lowest BCUT2D eigenvalue weighted by Gasteiger charge is -2.32. The van der Waals surface area contributed by atoms with E-state index in [4.69, 9.17) is 4.74 Å². The number of carbonyl (C=O) groups excluding carboxylic acids is 1. The average molecular weight is 408 g/mol. The van der Waals surface area contributed by atoms with Gasteiger partial charge in [0.25, 0.3) is 5.91 Å². The summed E-state index contributed by atoms with van der Waals surface area (Å²) in [6.07, 6.45) is 4.10. The topological polar surface area (TPSA) is 54.5 Å². The fourth-order valence-corrected chi connectivity index (χ4v) is 4.26. The van der Waals surface area contributed by atoms with Gasteiger partial charge in [-0.2, -0.15) is 0 Å². The van der Waals surface area contributed by atoms with Crippen molar-refractivity contribution in [1.82, 2.24) is 10.3 Å². The maximum atomic E-state index is 12.6. The molecular formula is C23H25N3O2S. The van der Waals surface area contributed by atoms with Crippen LogP contribution in [0.25, 0.3) is 0 Å². The summed E-state index contributed by atoms with van der Waals surface area (Å²) in [5, 5.41) is 6.18. The number of thiazole rings is 1. The quantitative estimate of drug-likeness (QED) is 0.632. The molecule has 1 amide bonds. The van der Waals surface area contributed by atoms with Crippen molar-refractivity contribution in [2.24, 2.45) is 5.92 Å². The Hall–Kier alpha value is -2.86. The summed E-state index contributed by atoms with van der Waals surface area (Å²) in [4.78, 5) is 19.4. The van der Waals surface area contributed by atoms with Gasteiger partial charge in [-0.15, -0.1) is 11.3 Å². The van der Waals surface area contributed by atoms with Gasteiger partial charge < -0.3 is 15.0 Å². The first-order valence-corrected chi connectivity index (χ1v) is 10.9. The van der Waals surface area contributed by atoms with E-state index in [9.17, 15) is 4.79 Å². The van der Waals surface area contributed by atoms with Crippen LogP contribution in [0, 0.1) is 5.92 Å². The average Bonchev–Trinajstić information content (AvgIpc) is 3.32. The lowest BCUT2D eigenvalue weighted by molar-refractivity contribution is 0.0945. The molecule has 29 heavy (non-hydrogen) atoms. The van der Waals surface area contributed by atoms with E-state index in [0.717, 1.165) is 36.6 Å². The molecule has 0 radical (unpaired) electrons. The van der Waals surface area contributed by atoms with Crippen molar-refractivity contribution >= 4 is 22.4 Å². The standard InChI is InChI=1S/C23H25N3O2S/c27-22(25-15-19-8-5-12-26(16-19)23-24-11-13-29-23)20-9-4-10-21(14-20)28-17-18-6-2-1-3-7-18/h1-4,6-7,9-11,13-14,19H,5,8,12,15-17H2,(H,25,27)/t19-/m0/s1. The number of hydrogen-bond donors (Lipinski definition) is 1. The molecule has 1 atom stereocenters. The Morgan fingerprint density at radius 3 is 2.93 bits per heavy atom. The van der Waals surface area contributed by atoms with Gasteiger partial charge in [-0.3, -0.25) is 4.79 Å². The molecular weight excluding hydrogens is 382 g/mol. The van der Waals surface area contributed by atoms with Crippen molar-refractivity contribution in [2.75, 3.05) is 24.5 Å². The third-order valence-electron chi connectivity index (χ3n) is 5.10. The summed E-state index contributed by atoms with van der Waals surface area (Å²) in [6, 6.07) is 17.4. The largest absolute Gasteiger partial charge is 0.489 e. The molecule has 2 aromatic carbocycles. The van der Waals surface area contributed by atoms with E-state index >= 15 is 0 Å². The number of aromatic nitrogens is 1. The van der Waals surface area contributed by atoms with Gasteiger partial charge in [-0.1, -0.05) is 36.4 Å². The number of nitrogens with zero attached hydrogens (tertiary/aromatic N) is 2. The first-order chi connectivity index (χ1) is 14.3. The summed E-state index contributed by atoms with van der Waals surface area (Å²) in [7, 11) is 0. The molecule has 3 aromatic rings. The van der Waals surface area contributed by atoms with E-state index in [1.807, 2.05) is 60.1 Å². The van der Waals surface area contributed by atoms with Crippen LogP contribution in [0.2, 0.25) is 0 Å². The lowest BCUT2D eigenvalue weighted by atomic mass is 9.98. The predicted molar refractivity (Wildman–Crippen MR) is 117 cm³/mol. The van der Waals surface area contributed by atoms with Crippen LogP contribution in [0.4, 0.5) is 5.13 Å². The molecule has 1 fully saturated rings. The van der Waals surface area contributed by atoms with E-state index in [1.165, 1.54) is 0 Å². The minimum Gasteiger partial charge on any atom is -0.489 e. The number of anilines is 1. The molecule has 0 bridgehead atoms. The van der Waals surface area contributed by atoms with Crippen LogP contribution in [0.15, 0.2) is 66.2 Å². The Kier molecular flexibility index (Phi) is 6.42. The van der Waals surface area contributed by atoms with Crippen LogP contribution in [0.5, 0.6) is 5.75 Å². The summed E-state index contributed by atoms with van der Waals surface area (Å²) in [5.41, 5.74) is 1.73. The number of benzene rings is 2. The van der Waals surface area contributed by atoms with Crippen molar-refractivity contribution in [3.63, 3.8) is 0 Å². The molecule has 1 aromatic heterocycles. The first kappa shape index (κ1) is 19.5. The Balaban J connectivity index is 1.29. The summed E-state index contributed by atoms with van der Waals surface area (Å²) in [6.45, 7) is 3.14. The molecule has 4 rings (SSSR count). The number of carbonyl (C=O) groups is 1. The number of nitrogens with one attached hydrogen (secondary N) is 1. The van der Waals surface area contributed by atoms with E-state index in [2.05, 4.69) is 15.2 Å². The molecule has 0 unspecified atom stereocenters. The van der Waals surface area contributed by atoms with Crippen molar-refractivity contribution < 1.29 is 9.53 Å². The monoisotopic (exact) mass is 407 g/mol. The van der Waals surface area contributed by atoms with Gasteiger partial charge in [0.1, 0.15) is 12.4 Å². The fourth-order valence-electron chi connectivity index (χ4n) is 3.58. The SMILES string of the molecule is O=C(NC[C@@H]1CCCN(c2nccs2)C1)c1cccc(OCc2ccccc2)c1. The molecule has 1 saturated heterocycles. The normalized spacial score (nSPS) is 16.4. The highest BCUT2D eigenvalue weighted by atomic mass is 32.1. The second-order valence-electron chi connectivity index (χ2n) is 7.28. The molecule has 6 heteroatoms. The highest BCUT2D eigenvalue weighted by Gasteiger charge is 2.22. The van der Waals surface area contributed by atoms with E-state index < -0.39 is 0 Å².